The van der Waals surface area contributed by atoms with Gasteiger partial charge in [-0.25, -0.2) is 13.2 Å². The van der Waals surface area contributed by atoms with E-state index in [0.717, 1.165) is 17.5 Å². The lowest BCUT2D eigenvalue weighted by atomic mass is 10.0. The third kappa shape index (κ3) is 9.46. The van der Waals surface area contributed by atoms with Crippen molar-refractivity contribution >= 4 is 16.1 Å². The van der Waals surface area contributed by atoms with E-state index in [0.29, 0.717) is 31.3 Å². The molecule has 2 aliphatic rings. The van der Waals surface area contributed by atoms with Crippen LogP contribution in [0.25, 0.3) is 0 Å². The second-order valence-electron chi connectivity index (χ2n) is 12.3. The third-order valence-corrected chi connectivity index (χ3v) is 10.4. The number of fused-ring (bicyclic) bond motifs is 1. The Morgan fingerprint density at radius 2 is 1.67 bits per heavy atom. The number of likely N-dealkylation sites (N-methyl/N-ethyl adjacent to an activating group) is 1. The van der Waals surface area contributed by atoms with Gasteiger partial charge in [-0.15, -0.1) is 0 Å². The van der Waals surface area contributed by atoms with Crippen LogP contribution in [0.5, 0.6) is 11.5 Å². The minimum absolute atomic E-state index is 0.0567. The standard InChI is InChI=1S/C35H45N3O9S/c1-37(2)18-19-38(48(41,42)29-15-13-27(43-3)14-16-29)22-32(39)31(36-35(40)47-33-24-46-34-30(33)17-20-44-34)21-25-9-11-28(12-10-25)45-23-26-7-5-4-6-8-26/h4-16,30-34,39H,17-24H2,1-3H3,(H,36,40)/t30-,31-,32+,33-,34+/m0/s1. The zero-order chi connectivity index (χ0) is 34.1. The number of aliphatic hydroxyl groups excluding tert-OH is 1. The number of nitrogens with one attached hydrogen (secondary N) is 1. The van der Waals surface area contributed by atoms with Gasteiger partial charge in [0, 0.05) is 19.6 Å². The SMILES string of the molecule is COc1ccc(S(=O)(=O)N(CCN(C)C)C[C@@H](O)[C@H](Cc2ccc(OCc3ccccc3)cc2)NC(=O)O[C@H]2CO[C@H]3OCC[C@H]32)cc1. The normalized spacial score (nSPS) is 20.3. The van der Waals surface area contributed by atoms with Gasteiger partial charge in [-0.1, -0.05) is 42.5 Å². The summed E-state index contributed by atoms with van der Waals surface area (Å²) in [5.41, 5.74) is 1.84. The molecule has 0 saturated carbocycles. The van der Waals surface area contributed by atoms with Crippen molar-refractivity contribution in [1.82, 2.24) is 14.5 Å². The summed E-state index contributed by atoms with van der Waals surface area (Å²) in [5.74, 6) is 1.14. The smallest absolute Gasteiger partial charge is 0.407 e. The highest BCUT2D eigenvalue weighted by molar-refractivity contribution is 7.89. The molecule has 13 heteroatoms. The second kappa shape index (κ2) is 16.6. The molecule has 2 N–H and O–H groups in total. The lowest BCUT2D eigenvalue weighted by molar-refractivity contribution is -0.0907. The predicted molar refractivity (Wildman–Crippen MR) is 178 cm³/mol. The fraction of sp³-hybridized carbons (Fsp3) is 0.457. The van der Waals surface area contributed by atoms with Crippen LogP contribution in [0.1, 0.15) is 17.5 Å². The van der Waals surface area contributed by atoms with Crippen LogP contribution >= 0.6 is 0 Å². The number of amides is 1. The van der Waals surface area contributed by atoms with Crippen molar-refractivity contribution < 1.29 is 42.0 Å². The van der Waals surface area contributed by atoms with Gasteiger partial charge >= 0.3 is 6.09 Å². The molecule has 5 rings (SSSR count). The number of nitrogens with zero attached hydrogens (tertiary/aromatic N) is 2. The number of rotatable bonds is 16. The van der Waals surface area contributed by atoms with Crippen molar-refractivity contribution in [3.8, 4) is 11.5 Å². The van der Waals surface area contributed by atoms with Crippen LogP contribution in [-0.4, -0.2) is 107 Å². The Bertz CT molecular complexity index is 1560. The van der Waals surface area contributed by atoms with Crippen molar-refractivity contribution in [1.29, 1.82) is 0 Å². The fourth-order valence-corrected chi connectivity index (χ4v) is 7.17. The molecule has 5 atom stereocenters. The van der Waals surface area contributed by atoms with Crippen LogP contribution in [0, 0.1) is 5.92 Å². The Morgan fingerprint density at radius 1 is 0.958 bits per heavy atom. The minimum atomic E-state index is -4.01. The van der Waals surface area contributed by atoms with Crippen LogP contribution in [0.3, 0.4) is 0 Å². The number of carbonyl (C=O) groups excluding carboxylic acids is 1. The van der Waals surface area contributed by atoms with Crippen LogP contribution in [0.2, 0.25) is 0 Å². The number of hydrogen-bond donors (Lipinski definition) is 2. The Balaban J connectivity index is 1.32. The predicted octanol–water partition coefficient (Wildman–Crippen LogP) is 3.29. The molecule has 0 aromatic heterocycles. The summed E-state index contributed by atoms with van der Waals surface area (Å²) in [5, 5.41) is 14.5. The monoisotopic (exact) mass is 683 g/mol. The van der Waals surface area contributed by atoms with Gasteiger partial charge in [-0.05, 0) is 74.5 Å². The van der Waals surface area contributed by atoms with Crippen molar-refractivity contribution in [2.45, 2.75) is 48.9 Å². The summed E-state index contributed by atoms with van der Waals surface area (Å²) in [6.45, 7) is 1.44. The first kappa shape index (κ1) is 35.6. The zero-order valence-corrected chi connectivity index (χ0v) is 28.4. The first-order valence-electron chi connectivity index (χ1n) is 16.1. The number of benzene rings is 3. The number of methoxy groups -OCH3 is 1. The van der Waals surface area contributed by atoms with E-state index in [1.165, 1.54) is 23.5 Å². The highest BCUT2D eigenvalue weighted by Crippen LogP contribution is 2.33. The first-order chi connectivity index (χ1) is 23.1. The molecule has 12 nitrogen and oxygen atoms in total. The van der Waals surface area contributed by atoms with Gasteiger partial charge in [0.05, 0.1) is 43.3 Å². The molecule has 0 spiro atoms. The largest absolute Gasteiger partial charge is 0.497 e. The molecule has 0 bridgehead atoms. The minimum Gasteiger partial charge on any atom is -0.497 e. The van der Waals surface area contributed by atoms with E-state index in [-0.39, 0.29) is 43.2 Å². The van der Waals surface area contributed by atoms with E-state index < -0.39 is 34.4 Å². The summed E-state index contributed by atoms with van der Waals surface area (Å²) >= 11 is 0. The molecule has 48 heavy (non-hydrogen) atoms. The summed E-state index contributed by atoms with van der Waals surface area (Å²) < 4.78 is 56.9. The number of hydrogen-bond acceptors (Lipinski definition) is 10. The number of alkyl carbamates (subject to hydrolysis) is 1. The topological polar surface area (TPSA) is 136 Å². The number of aliphatic hydroxyl groups is 1. The van der Waals surface area contributed by atoms with Gasteiger partial charge < -0.3 is 39.0 Å². The maximum atomic E-state index is 13.8. The van der Waals surface area contributed by atoms with Gasteiger partial charge in [-0.2, -0.15) is 4.31 Å². The molecule has 0 unspecified atom stereocenters. The van der Waals surface area contributed by atoms with Gasteiger partial charge in [0.2, 0.25) is 10.0 Å². The highest BCUT2D eigenvalue weighted by Gasteiger charge is 2.44. The van der Waals surface area contributed by atoms with Crippen LogP contribution in [0.4, 0.5) is 4.79 Å². The van der Waals surface area contributed by atoms with Crippen molar-refractivity contribution in [3.05, 3.63) is 90.0 Å². The average molecular weight is 684 g/mol. The van der Waals surface area contributed by atoms with E-state index in [9.17, 15) is 18.3 Å². The molecular weight excluding hydrogens is 638 g/mol. The summed E-state index contributed by atoms with van der Waals surface area (Å²) in [6, 6.07) is 22.4. The Hall–Kier alpha value is -3.72. The van der Waals surface area contributed by atoms with Crippen molar-refractivity contribution in [3.63, 3.8) is 0 Å². The average Bonchev–Trinajstić information content (AvgIpc) is 3.71. The fourth-order valence-electron chi connectivity index (χ4n) is 5.72. The molecule has 2 heterocycles. The van der Waals surface area contributed by atoms with E-state index in [1.54, 1.807) is 12.1 Å². The van der Waals surface area contributed by atoms with Crippen molar-refractivity contribution in [2.24, 2.45) is 5.92 Å². The van der Waals surface area contributed by atoms with E-state index in [1.807, 2.05) is 73.6 Å². The molecule has 2 saturated heterocycles. The molecular formula is C35H45N3O9S. The number of ether oxygens (including phenoxy) is 5. The summed E-state index contributed by atoms with van der Waals surface area (Å²) in [6.07, 6.45) is -1.96. The molecule has 0 radical (unpaired) electrons. The Morgan fingerprint density at radius 3 is 2.35 bits per heavy atom. The highest BCUT2D eigenvalue weighted by atomic mass is 32.2. The quantitative estimate of drug-likeness (QED) is 0.232. The second-order valence-corrected chi connectivity index (χ2v) is 14.2. The first-order valence-corrected chi connectivity index (χ1v) is 17.5. The number of sulfonamides is 1. The molecule has 2 aliphatic heterocycles. The zero-order valence-electron chi connectivity index (χ0n) is 27.6. The third-order valence-electron chi connectivity index (χ3n) is 8.52. The molecule has 2 fully saturated rings. The molecule has 1 amide bonds. The van der Waals surface area contributed by atoms with E-state index in [2.05, 4.69) is 5.32 Å². The van der Waals surface area contributed by atoms with Gasteiger partial charge in [-0.3, -0.25) is 0 Å². The molecule has 3 aromatic carbocycles. The van der Waals surface area contributed by atoms with Crippen molar-refractivity contribution in [2.75, 3.05) is 54.1 Å². The van der Waals surface area contributed by atoms with Gasteiger partial charge in [0.25, 0.3) is 0 Å². The molecule has 0 aliphatic carbocycles. The van der Waals surface area contributed by atoms with E-state index >= 15 is 0 Å². The van der Waals surface area contributed by atoms with Crippen LogP contribution in [0.15, 0.2) is 83.8 Å². The lowest BCUT2D eigenvalue weighted by Gasteiger charge is -2.30. The maximum absolute atomic E-state index is 13.8. The Labute approximate surface area is 282 Å². The van der Waals surface area contributed by atoms with Gasteiger partial charge in [0.1, 0.15) is 24.2 Å². The lowest BCUT2D eigenvalue weighted by Crippen LogP contribution is -2.52. The molecule has 3 aromatic rings. The van der Waals surface area contributed by atoms with Crippen LogP contribution in [-0.2, 0) is 37.3 Å². The summed E-state index contributed by atoms with van der Waals surface area (Å²) in [4.78, 5) is 15.2. The van der Waals surface area contributed by atoms with Crippen LogP contribution < -0.4 is 14.8 Å². The Kier molecular flexibility index (Phi) is 12.3. The van der Waals surface area contributed by atoms with Gasteiger partial charge in [0.15, 0.2) is 6.29 Å². The summed E-state index contributed by atoms with van der Waals surface area (Å²) in [7, 11) is 1.18. The maximum Gasteiger partial charge on any atom is 0.407 e. The molecule has 260 valence electrons. The van der Waals surface area contributed by atoms with E-state index in [4.69, 9.17) is 23.7 Å². The number of carbonyl (C=O) groups is 1.